The monoisotopic (exact) mass is 161 g/mol. The highest BCUT2D eigenvalue weighted by Gasteiger charge is 2.26. The molecular weight excluding hydrogens is 150 g/mol. The molecule has 1 rings (SSSR count). The van der Waals surface area contributed by atoms with Crippen LogP contribution in [0, 0.1) is 0 Å². The Morgan fingerprint density at radius 2 is 2.10 bits per heavy atom. The first kappa shape index (κ1) is 7.75. The summed E-state index contributed by atoms with van der Waals surface area (Å²) in [5, 5.41) is 0. The average molecular weight is 161 g/mol. The number of nitrogens with one attached hydrogen (secondary N) is 1. The molecule has 1 saturated carbocycles. The van der Waals surface area contributed by atoms with Crippen molar-refractivity contribution in [2.75, 3.05) is 0 Å². The molecule has 0 heterocycles. The summed E-state index contributed by atoms with van der Waals surface area (Å²) in [6.45, 7) is 4.85. The average Bonchev–Trinajstić information content (AvgIpc) is 2.48. The largest absolute Gasteiger partial charge is 0.236 e. The van der Waals surface area contributed by atoms with E-state index >= 15 is 0 Å². The van der Waals surface area contributed by atoms with E-state index in [1.54, 1.807) is 0 Å². The van der Waals surface area contributed by atoms with Crippen molar-refractivity contribution in [3.63, 3.8) is 0 Å². The van der Waals surface area contributed by atoms with Crippen LogP contribution < -0.4 is 4.72 Å². The van der Waals surface area contributed by atoms with Crippen LogP contribution in [0.4, 0.5) is 0 Å². The van der Waals surface area contributed by atoms with E-state index in [-0.39, 0.29) is 10.9 Å². The maximum atomic E-state index is 11.0. The second kappa shape index (κ2) is 2.36. The molecule has 0 spiro atoms. The van der Waals surface area contributed by atoms with Crippen LogP contribution in [-0.4, -0.2) is 14.5 Å². The van der Waals surface area contributed by atoms with Gasteiger partial charge < -0.3 is 0 Å². The summed E-state index contributed by atoms with van der Waals surface area (Å²) < 4.78 is 24.4. The Hall–Kier alpha value is -0.350. The Kier molecular flexibility index (Phi) is 1.83. The second-order valence-electron chi connectivity index (χ2n) is 2.60. The van der Waals surface area contributed by atoms with E-state index in [1.807, 2.05) is 0 Å². The van der Waals surface area contributed by atoms with Crippen molar-refractivity contribution >= 4 is 10.0 Å². The Morgan fingerprint density at radius 3 is 2.40 bits per heavy atom. The fraction of sp³-hybridized carbons (Fsp3) is 0.667. The summed E-state index contributed by atoms with van der Waals surface area (Å²) in [6, 6.07) is 0.182. The lowest BCUT2D eigenvalue weighted by atomic mass is 10.8. The maximum absolute atomic E-state index is 11.0. The van der Waals surface area contributed by atoms with Crippen LogP contribution in [-0.2, 0) is 10.0 Å². The van der Waals surface area contributed by atoms with Gasteiger partial charge in [0, 0.05) is 10.9 Å². The summed E-state index contributed by atoms with van der Waals surface area (Å²) in [6.07, 6.45) is 1.93. The molecule has 0 amide bonds. The first-order valence-corrected chi connectivity index (χ1v) is 4.68. The van der Waals surface area contributed by atoms with Crippen LogP contribution in [0.2, 0.25) is 0 Å². The zero-order chi connectivity index (χ0) is 7.78. The third-order valence-corrected chi connectivity index (χ3v) is 2.92. The van der Waals surface area contributed by atoms with Crippen molar-refractivity contribution in [1.82, 2.24) is 4.72 Å². The molecule has 0 aliphatic heterocycles. The van der Waals surface area contributed by atoms with Gasteiger partial charge in [-0.3, -0.25) is 0 Å². The molecule has 1 aliphatic rings. The Labute approximate surface area is 61.2 Å². The molecule has 4 heteroatoms. The first-order valence-electron chi connectivity index (χ1n) is 3.20. The second-order valence-corrected chi connectivity index (χ2v) is 4.54. The van der Waals surface area contributed by atoms with Crippen molar-refractivity contribution in [1.29, 1.82) is 0 Å². The van der Waals surface area contributed by atoms with Gasteiger partial charge in [-0.2, -0.15) is 0 Å². The third kappa shape index (κ3) is 1.82. The molecule has 0 unspecified atom stereocenters. The van der Waals surface area contributed by atoms with Gasteiger partial charge in [0.1, 0.15) is 0 Å². The van der Waals surface area contributed by atoms with Gasteiger partial charge in [-0.05, 0) is 19.8 Å². The SMILES string of the molecule is C=C(C)S(=O)(=O)NC1CC1. The highest BCUT2D eigenvalue weighted by Crippen LogP contribution is 2.20. The summed E-state index contributed by atoms with van der Waals surface area (Å²) in [5.74, 6) is 0. The van der Waals surface area contributed by atoms with Gasteiger partial charge in [-0.15, -0.1) is 0 Å². The maximum Gasteiger partial charge on any atom is 0.236 e. The summed E-state index contributed by atoms with van der Waals surface area (Å²) in [7, 11) is -3.18. The lowest BCUT2D eigenvalue weighted by molar-refractivity contribution is 0.587. The van der Waals surface area contributed by atoms with E-state index < -0.39 is 10.0 Å². The highest BCUT2D eigenvalue weighted by molar-refractivity contribution is 7.93. The molecule has 0 saturated heterocycles. The summed E-state index contributed by atoms with van der Waals surface area (Å²) >= 11 is 0. The van der Waals surface area contributed by atoms with Crippen molar-refractivity contribution in [3.05, 3.63) is 11.5 Å². The molecular formula is C6H11NO2S. The number of allylic oxidation sites excluding steroid dienone is 1. The molecule has 3 nitrogen and oxygen atoms in total. The lowest BCUT2D eigenvalue weighted by Crippen LogP contribution is -2.25. The first-order chi connectivity index (χ1) is 4.52. The Bertz CT molecular complexity index is 238. The lowest BCUT2D eigenvalue weighted by Gasteiger charge is -2.01. The normalized spacial score (nSPS) is 18.9. The predicted molar refractivity (Wildman–Crippen MR) is 39.9 cm³/mol. The molecule has 58 valence electrons. The molecule has 1 aliphatic carbocycles. The van der Waals surface area contributed by atoms with E-state index in [0.29, 0.717) is 0 Å². The van der Waals surface area contributed by atoms with Gasteiger partial charge in [0.25, 0.3) is 0 Å². The molecule has 0 bridgehead atoms. The van der Waals surface area contributed by atoms with Gasteiger partial charge in [0.2, 0.25) is 10.0 Å². The van der Waals surface area contributed by atoms with Crippen LogP contribution in [0.15, 0.2) is 11.5 Å². The van der Waals surface area contributed by atoms with E-state index in [4.69, 9.17) is 0 Å². The molecule has 0 atom stereocenters. The van der Waals surface area contributed by atoms with E-state index in [0.717, 1.165) is 12.8 Å². The highest BCUT2D eigenvalue weighted by atomic mass is 32.2. The van der Waals surface area contributed by atoms with Crippen LogP contribution >= 0.6 is 0 Å². The Balaban J connectivity index is 2.58. The van der Waals surface area contributed by atoms with Crippen LogP contribution in [0.25, 0.3) is 0 Å². The van der Waals surface area contributed by atoms with Crippen molar-refractivity contribution < 1.29 is 8.42 Å². The molecule has 0 aromatic carbocycles. The van der Waals surface area contributed by atoms with E-state index in [1.165, 1.54) is 6.92 Å². The Morgan fingerprint density at radius 1 is 1.60 bits per heavy atom. The van der Waals surface area contributed by atoms with Gasteiger partial charge >= 0.3 is 0 Å². The van der Waals surface area contributed by atoms with Crippen molar-refractivity contribution in [2.24, 2.45) is 0 Å². The fourth-order valence-electron chi connectivity index (χ4n) is 0.521. The van der Waals surface area contributed by atoms with Crippen LogP contribution in [0.5, 0.6) is 0 Å². The topological polar surface area (TPSA) is 46.2 Å². The predicted octanol–water partition coefficient (Wildman–Crippen LogP) is 0.602. The van der Waals surface area contributed by atoms with Gasteiger partial charge in [-0.1, -0.05) is 6.58 Å². The van der Waals surface area contributed by atoms with Gasteiger partial charge in [-0.25, -0.2) is 13.1 Å². The van der Waals surface area contributed by atoms with Crippen molar-refractivity contribution in [2.45, 2.75) is 25.8 Å². The number of sulfonamides is 1. The van der Waals surface area contributed by atoms with Crippen LogP contribution in [0.1, 0.15) is 19.8 Å². The molecule has 0 radical (unpaired) electrons. The molecule has 1 fully saturated rings. The van der Waals surface area contributed by atoms with E-state index in [9.17, 15) is 8.42 Å². The van der Waals surface area contributed by atoms with Gasteiger partial charge in [0.05, 0.1) is 0 Å². The zero-order valence-corrected chi connectivity index (χ0v) is 6.74. The quantitative estimate of drug-likeness (QED) is 0.659. The molecule has 0 aromatic heterocycles. The van der Waals surface area contributed by atoms with E-state index in [2.05, 4.69) is 11.3 Å². The number of rotatable bonds is 3. The fourth-order valence-corrected chi connectivity index (χ4v) is 1.40. The minimum absolute atomic E-state index is 0.182. The number of hydrogen-bond donors (Lipinski definition) is 1. The van der Waals surface area contributed by atoms with Gasteiger partial charge in [0.15, 0.2) is 0 Å². The third-order valence-electron chi connectivity index (χ3n) is 1.36. The van der Waals surface area contributed by atoms with Crippen LogP contribution in [0.3, 0.4) is 0 Å². The summed E-state index contributed by atoms with van der Waals surface area (Å²) in [5.41, 5.74) is 0. The molecule has 0 aromatic rings. The van der Waals surface area contributed by atoms with Crippen molar-refractivity contribution in [3.8, 4) is 0 Å². The molecule has 10 heavy (non-hydrogen) atoms. The standard InChI is InChI=1S/C6H11NO2S/c1-5(2)10(8,9)7-6-3-4-6/h6-7H,1,3-4H2,2H3. The minimum Gasteiger partial charge on any atom is -0.208 e. The smallest absolute Gasteiger partial charge is 0.208 e. The molecule has 1 N–H and O–H groups in total. The summed E-state index contributed by atoms with van der Waals surface area (Å²) in [4.78, 5) is 0.194. The number of hydrogen-bond acceptors (Lipinski definition) is 2. The minimum atomic E-state index is -3.18. The zero-order valence-electron chi connectivity index (χ0n) is 5.92.